The van der Waals surface area contributed by atoms with Crippen LogP contribution in [-0.2, 0) is 22.5 Å². The van der Waals surface area contributed by atoms with E-state index in [2.05, 4.69) is 33.9 Å². The van der Waals surface area contributed by atoms with E-state index in [-0.39, 0.29) is 0 Å². The van der Waals surface area contributed by atoms with E-state index in [1.165, 1.54) is 11.1 Å². The van der Waals surface area contributed by atoms with Gasteiger partial charge in [0.05, 0.1) is 6.54 Å². The van der Waals surface area contributed by atoms with Gasteiger partial charge in [-0.15, -0.1) is 0 Å². The summed E-state index contributed by atoms with van der Waals surface area (Å²) in [5, 5.41) is 0. The molecule has 1 heterocycles. The van der Waals surface area contributed by atoms with E-state index in [9.17, 15) is 4.79 Å². The minimum atomic E-state index is 0.564. The van der Waals surface area contributed by atoms with Gasteiger partial charge in [0.15, 0.2) is 0 Å². The van der Waals surface area contributed by atoms with Gasteiger partial charge in [-0.3, -0.25) is 4.90 Å². The second-order valence-electron chi connectivity index (χ2n) is 3.83. The van der Waals surface area contributed by atoms with Gasteiger partial charge in [0, 0.05) is 27.3 Å². The molecule has 0 unspecified atom stereocenters. The Morgan fingerprint density at radius 3 is 2.56 bits per heavy atom. The molecule has 0 atom stereocenters. The Hall–Kier alpha value is -1.19. The average Bonchev–Trinajstić information content (AvgIpc) is 2.30. The largest absolute Gasteiger partial charge is 0.388 e. The van der Waals surface area contributed by atoms with E-state index in [1.807, 2.05) is 0 Å². The lowest BCUT2D eigenvalue weighted by molar-refractivity contribution is -0.109. The zero-order chi connectivity index (χ0) is 11.8. The van der Waals surface area contributed by atoms with Crippen molar-refractivity contribution in [3.63, 3.8) is 0 Å². The molecule has 88 valence electrons. The summed E-state index contributed by atoms with van der Waals surface area (Å²) in [5.41, 5.74) is 2.81. The van der Waals surface area contributed by atoms with Gasteiger partial charge in [-0.2, -0.15) is 0 Å². The van der Waals surface area contributed by atoms with E-state index in [1.54, 1.807) is 14.2 Å². The molecule has 0 N–H and O–H groups in total. The third-order valence-corrected chi connectivity index (χ3v) is 2.54. The molecule has 3 heteroatoms. The number of hydrogen-bond acceptors (Lipinski definition) is 3. The van der Waals surface area contributed by atoms with Crippen LogP contribution in [0, 0.1) is 0 Å². The minimum absolute atomic E-state index is 0.564. The third kappa shape index (κ3) is 3.76. The average molecular weight is 221 g/mol. The molecule has 2 rings (SSSR count). The fraction of sp³-hybridized carbons (Fsp3) is 0.462. The fourth-order valence-electron chi connectivity index (χ4n) is 1.82. The van der Waals surface area contributed by atoms with Crippen LogP contribution >= 0.6 is 0 Å². The number of nitrogens with zero attached hydrogens (tertiary/aromatic N) is 1. The quantitative estimate of drug-likeness (QED) is 0.709. The topological polar surface area (TPSA) is 29.5 Å². The molecular weight excluding hydrogens is 202 g/mol. The molecule has 0 saturated heterocycles. The SMILES string of the molecule is COC.O=CCN1CCc2ccccc2C1. The van der Waals surface area contributed by atoms with Crippen molar-refractivity contribution >= 4 is 6.29 Å². The Balaban J connectivity index is 0.000000386. The molecule has 1 aromatic rings. The van der Waals surface area contributed by atoms with Gasteiger partial charge in [0.2, 0.25) is 0 Å². The fourth-order valence-corrected chi connectivity index (χ4v) is 1.82. The molecule has 0 aliphatic carbocycles. The summed E-state index contributed by atoms with van der Waals surface area (Å²) in [7, 11) is 3.25. The molecule has 3 nitrogen and oxygen atoms in total. The second-order valence-corrected chi connectivity index (χ2v) is 3.83. The number of benzene rings is 1. The van der Waals surface area contributed by atoms with Gasteiger partial charge in [0.25, 0.3) is 0 Å². The van der Waals surface area contributed by atoms with Crippen molar-refractivity contribution in [2.24, 2.45) is 0 Å². The molecule has 1 aromatic carbocycles. The number of carbonyl (C=O) groups is 1. The Morgan fingerprint density at radius 1 is 1.31 bits per heavy atom. The van der Waals surface area contributed by atoms with Crippen LogP contribution in [0.2, 0.25) is 0 Å². The van der Waals surface area contributed by atoms with Crippen molar-refractivity contribution in [1.82, 2.24) is 4.90 Å². The standard InChI is InChI=1S/C11H13NO.C2H6O/c13-8-7-12-6-5-10-3-1-2-4-11(10)9-12;1-3-2/h1-4,8H,5-7,9H2;1-2H3. The maximum absolute atomic E-state index is 10.3. The Labute approximate surface area is 97.0 Å². The number of rotatable bonds is 2. The van der Waals surface area contributed by atoms with Crippen LogP contribution in [0.4, 0.5) is 0 Å². The smallest absolute Gasteiger partial charge is 0.133 e. The molecule has 0 spiro atoms. The first-order valence-electron chi connectivity index (χ1n) is 5.44. The summed E-state index contributed by atoms with van der Waals surface area (Å²) < 4.78 is 4.25. The van der Waals surface area contributed by atoms with E-state index in [0.29, 0.717) is 6.54 Å². The summed E-state index contributed by atoms with van der Waals surface area (Å²) in [4.78, 5) is 12.5. The van der Waals surface area contributed by atoms with E-state index in [4.69, 9.17) is 0 Å². The molecule has 0 amide bonds. The highest BCUT2D eigenvalue weighted by molar-refractivity contribution is 5.52. The van der Waals surface area contributed by atoms with Gasteiger partial charge in [0.1, 0.15) is 6.29 Å². The summed E-state index contributed by atoms with van der Waals surface area (Å²) >= 11 is 0. The van der Waals surface area contributed by atoms with E-state index >= 15 is 0 Å². The summed E-state index contributed by atoms with van der Waals surface area (Å²) in [6.45, 7) is 2.50. The van der Waals surface area contributed by atoms with E-state index < -0.39 is 0 Å². The first-order chi connectivity index (χ1) is 7.81. The van der Waals surface area contributed by atoms with Gasteiger partial charge >= 0.3 is 0 Å². The lowest BCUT2D eigenvalue weighted by Gasteiger charge is -2.26. The van der Waals surface area contributed by atoms with Crippen molar-refractivity contribution in [1.29, 1.82) is 0 Å². The lowest BCUT2D eigenvalue weighted by atomic mass is 10.0. The van der Waals surface area contributed by atoms with Gasteiger partial charge in [-0.1, -0.05) is 24.3 Å². The Bertz CT molecular complexity index is 325. The number of fused-ring (bicyclic) bond motifs is 1. The predicted octanol–water partition coefficient (Wildman–Crippen LogP) is 1.51. The van der Waals surface area contributed by atoms with Gasteiger partial charge in [-0.05, 0) is 17.5 Å². The molecule has 1 aliphatic heterocycles. The van der Waals surface area contributed by atoms with Gasteiger partial charge < -0.3 is 9.53 Å². The highest BCUT2D eigenvalue weighted by Crippen LogP contribution is 2.17. The van der Waals surface area contributed by atoms with Gasteiger partial charge in [-0.25, -0.2) is 0 Å². The molecule has 16 heavy (non-hydrogen) atoms. The molecule has 0 fully saturated rings. The van der Waals surface area contributed by atoms with Crippen molar-refractivity contribution in [2.75, 3.05) is 27.3 Å². The van der Waals surface area contributed by atoms with Crippen molar-refractivity contribution < 1.29 is 9.53 Å². The number of methoxy groups -OCH3 is 1. The molecule has 0 bridgehead atoms. The first kappa shape index (κ1) is 12.9. The van der Waals surface area contributed by atoms with Crippen LogP contribution < -0.4 is 0 Å². The normalized spacial score (nSPS) is 14.6. The summed E-state index contributed by atoms with van der Waals surface area (Å²) in [6.07, 6.45) is 2.05. The number of aldehydes is 1. The van der Waals surface area contributed by atoms with Crippen LogP contribution in [-0.4, -0.2) is 38.5 Å². The zero-order valence-corrected chi connectivity index (χ0v) is 9.98. The first-order valence-corrected chi connectivity index (χ1v) is 5.44. The van der Waals surface area contributed by atoms with Crippen LogP contribution in [0.25, 0.3) is 0 Å². The highest BCUT2D eigenvalue weighted by atomic mass is 16.4. The zero-order valence-electron chi connectivity index (χ0n) is 9.98. The third-order valence-electron chi connectivity index (χ3n) is 2.54. The van der Waals surface area contributed by atoms with Crippen LogP contribution in [0.3, 0.4) is 0 Å². The molecule has 1 aliphatic rings. The van der Waals surface area contributed by atoms with Crippen LogP contribution in [0.15, 0.2) is 24.3 Å². The van der Waals surface area contributed by atoms with Crippen molar-refractivity contribution in [2.45, 2.75) is 13.0 Å². The predicted molar refractivity (Wildman–Crippen MR) is 64.4 cm³/mol. The second kappa shape index (κ2) is 7.14. The maximum Gasteiger partial charge on any atom is 0.133 e. The van der Waals surface area contributed by atoms with Crippen LogP contribution in [0.5, 0.6) is 0 Å². The summed E-state index contributed by atoms with van der Waals surface area (Å²) in [6, 6.07) is 8.46. The van der Waals surface area contributed by atoms with Crippen LogP contribution in [0.1, 0.15) is 11.1 Å². The molecule has 0 aromatic heterocycles. The summed E-state index contributed by atoms with van der Waals surface area (Å²) in [5.74, 6) is 0. The Kier molecular flexibility index (Phi) is 5.75. The maximum atomic E-state index is 10.3. The highest BCUT2D eigenvalue weighted by Gasteiger charge is 2.14. The Morgan fingerprint density at radius 2 is 1.94 bits per heavy atom. The molecule has 0 radical (unpaired) electrons. The van der Waals surface area contributed by atoms with Crippen molar-refractivity contribution in [3.8, 4) is 0 Å². The number of carbonyl (C=O) groups excluding carboxylic acids is 1. The number of ether oxygens (including phenoxy) is 1. The van der Waals surface area contributed by atoms with Crippen molar-refractivity contribution in [3.05, 3.63) is 35.4 Å². The number of hydrogen-bond donors (Lipinski definition) is 0. The lowest BCUT2D eigenvalue weighted by Crippen LogP contribution is -2.31. The van der Waals surface area contributed by atoms with E-state index in [0.717, 1.165) is 25.8 Å². The molecule has 0 saturated carbocycles. The minimum Gasteiger partial charge on any atom is -0.388 e. The molecular formula is C13H19NO2. The monoisotopic (exact) mass is 221 g/mol.